The van der Waals surface area contributed by atoms with Gasteiger partial charge >= 0.3 is 5.35 Å². The standard InChI is InChI=1S/C3H3ClN2OS/c1-8-3-6-5-2(4)7-3/h1H3. The molecule has 5 heteroatoms. The van der Waals surface area contributed by atoms with Crippen LogP contribution in [-0.4, -0.2) is 16.5 Å². The van der Waals surface area contributed by atoms with Crippen LogP contribution < -0.4 is 0 Å². The van der Waals surface area contributed by atoms with Crippen molar-refractivity contribution in [3.8, 4) is 0 Å². The molecule has 8 heavy (non-hydrogen) atoms. The maximum Gasteiger partial charge on any atom is 0.313 e. The molecule has 0 spiro atoms. The first-order valence-electron chi connectivity index (χ1n) is 1.86. The summed E-state index contributed by atoms with van der Waals surface area (Å²) in [5.41, 5.74) is 0. The van der Waals surface area contributed by atoms with Crippen molar-refractivity contribution < 1.29 is 4.42 Å². The van der Waals surface area contributed by atoms with Gasteiger partial charge in [0.15, 0.2) is 0 Å². The maximum absolute atomic E-state index is 5.29. The molecule has 1 rings (SSSR count). The summed E-state index contributed by atoms with van der Waals surface area (Å²) in [5, 5.41) is 7.55. The Morgan fingerprint density at radius 3 is 2.62 bits per heavy atom. The highest BCUT2D eigenvalue weighted by atomic mass is 35.5. The van der Waals surface area contributed by atoms with E-state index in [0.717, 1.165) is 0 Å². The number of thioether (sulfide) groups is 1. The van der Waals surface area contributed by atoms with Gasteiger partial charge in [-0.3, -0.25) is 0 Å². The van der Waals surface area contributed by atoms with E-state index in [-0.39, 0.29) is 5.35 Å². The summed E-state index contributed by atoms with van der Waals surface area (Å²) in [6.07, 6.45) is 1.84. The van der Waals surface area contributed by atoms with Gasteiger partial charge in [0.2, 0.25) is 0 Å². The summed E-state index contributed by atoms with van der Waals surface area (Å²) in [7, 11) is 0. The first-order valence-corrected chi connectivity index (χ1v) is 3.46. The number of aromatic nitrogens is 2. The van der Waals surface area contributed by atoms with Crippen molar-refractivity contribution in [2.45, 2.75) is 5.22 Å². The van der Waals surface area contributed by atoms with Gasteiger partial charge in [-0.25, -0.2) is 0 Å². The van der Waals surface area contributed by atoms with E-state index >= 15 is 0 Å². The topological polar surface area (TPSA) is 38.9 Å². The Morgan fingerprint density at radius 2 is 2.38 bits per heavy atom. The van der Waals surface area contributed by atoms with Crippen LogP contribution in [0.3, 0.4) is 0 Å². The van der Waals surface area contributed by atoms with Crippen molar-refractivity contribution >= 4 is 23.4 Å². The van der Waals surface area contributed by atoms with E-state index in [9.17, 15) is 0 Å². The lowest BCUT2D eigenvalue weighted by atomic mass is 11.5. The molecule has 0 aliphatic heterocycles. The van der Waals surface area contributed by atoms with Crippen LogP contribution in [0, 0.1) is 0 Å². The fourth-order valence-electron chi connectivity index (χ4n) is 0.275. The first kappa shape index (κ1) is 5.91. The van der Waals surface area contributed by atoms with Crippen LogP contribution in [0.5, 0.6) is 0 Å². The molecular weight excluding hydrogens is 148 g/mol. The molecule has 0 N–H and O–H groups in total. The molecule has 0 aliphatic carbocycles. The Hall–Kier alpha value is -0.220. The summed E-state index contributed by atoms with van der Waals surface area (Å²) >= 11 is 6.65. The second-order valence-electron chi connectivity index (χ2n) is 1.03. The highest BCUT2D eigenvalue weighted by molar-refractivity contribution is 7.98. The lowest BCUT2D eigenvalue weighted by molar-refractivity contribution is 0.456. The minimum Gasteiger partial charge on any atom is -0.402 e. The Balaban J connectivity index is 2.84. The summed E-state index contributed by atoms with van der Waals surface area (Å²) < 4.78 is 4.74. The van der Waals surface area contributed by atoms with Crippen LogP contribution in [-0.2, 0) is 0 Å². The van der Waals surface area contributed by atoms with Crippen LogP contribution >= 0.6 is 23.4 Å². The van der Waals surface area contributed by atoms with Crippen molar-refractivity contribution in [2.75, 3.05) is 6.26 Å². The normalized spacial score (nSPS) is 9.75. The predicted octanol–water partition coefficient (Wildman–Crippen LogP) is 1.44. The molecule has 0 radical (unpaired) electrons. The van der Waals surface area contributed by atoms with E-state index in [1.165, 1.54) is 11.8 Å². The van der Waals surface area contributed by atoms with E-state index in [2.05, 4.69) is 10.2 Å². The van der Waals surface area contributed by atoms with Crippen molar-refractivity contribution in [1.82, 2.24) is 10.2 Å². The molecule has 1 aromatic heterocycles. The number of hydrogen-bond acceptors (Lipinski definition) is 4. The molecule has 1 heterocycles. The van der Waals surface area contributed by atoms with Gasteiger partial charge in [-0.1, -0.05) is 16.9 Å². The quantitative estimate of drug-likeness (QED) is 0.568. The van der Waals surface area contributed by atoms with E-state index < -0.39 is 0 Å². The van der Waals surface area contributed by atoms with Crippen molar-refractivity contribution in [3.05, 3.63) is 5.35 Å². The van der Waals surface area contributed by atoms with Crippen molar-refractivity contribution in [2.24, 2.45) is 0 Å². The minimum atomic E-state index is 0.0920. The Bertz CT molecular complexity index is 178. The van der Waals surface area contributed by atoms with Gasteiger partial charge in [-0.05, 0) is 17.9 Å². The van der Waals surface area contributed by atoms with Gasteiger partial charge < -0.3 is 4.42 Å². The van der Waals surface area contributed by atoms with Crippen molar-refractivity contribution in [1.29, 1.82) is 0 Å². The molecule has 0 aliphatic rings. The Morgan fingerprint density at radius 1 is 1.62 bits per heavy atom. The van der Waals surface area contributed by atoms with Crippen molar-refractivity contribution in [3.63, 3.8) is 0 Å². The molecule has 0 aromatic carbocycles. The maximum atomic E-state index is 5.29. The van der Waals surface area contributed by atoms with Gasteiger partial charge in [-0.2, -0.15) is 0 Å². The summed E-state index contributed by atoms with van der Waals surface area (Å²) in [4.78, 5) is 0. The Labute approximate surface area is 55.4 Å². The summed E-state index contributed by atoms with van der Waals surface area (Å²) in [6, 6.07) is 0. The van der Waals surface area contributed by atoms with E-state index in [4.69, 9.17) is 16.0 Å². The third-order valence-electron chi connectivity index (χ3n) is 0.556. The zero-order valence-electron chi connectivity index (χ0n) is 4.09. The average Bonchev–Trinajstić information content (AvgIpc) is 2.14. The zero-order chi connectivity index (χ0) is 5.98. The largest absolute Gasteiger partial charge is 0.402 e. The molecule has 44 valence electrons. The smallest absolute Gasteiger partial charge is 0.313 e. The molecule has 0 saturated carbocycles. The molecule has 0 bridgehead atoms. The summed E-state index contributed by atoms with van der Waals surface area (Å²) in [6.45, 7) is 0. The monoisotopic (exact) mass is 150 g/mol. The molecule has 0 fully saturated rings. The van der Waals surface area contributed by atoms with Gasteiger partial charge in [0.25, 0.3) is 5.22 Å². The van der Waals surface area contributed by atoms with Crippen LogP contribution in [0.2, 0.25) is 5.35 Å². The number of halogens is 1. The highest BCUT2D eigenvalue weighted by Crippen LogP contribution is 2.14. The second-order valence-corrected chi connectivity index (χ2v) is 2.11. The summed E-state index contributed by atoms with van der Waals surface area (Å²) in [5.74, 6) is 0. The van der Waals surface area contributed by atoms with Crippen LogP contribution in [0.1, 0.15) is 0 Å². The Kier molecular flexibility index (Phi) is 1.75. The number of hydrogen-bond donors (Lipinski definition) is 0. The number of rotatable bonds is 1. The number of nitrogens with zero attached hydrogens (tertiary/aromatic N) is 2. The first-order chi connectivity index (χ1) is 3.83. The van der Waals surface area contributed by atoms with E-state index in [1.54, 1.807) is 0 Å². The van der Waals surface area contributed by atoms with Crippen LogP contribution in [0.4, 0.5) is 0 Å². The average molecular weight is 151 g/mol. The lowest BCUT2D eigenvalue weighted by Gasteiger charge is -1.76. The van der Waals surface area contributed by atoms with Gasteiger partial charge in [0.05, 0.1) is 0 Å². The third kappa shape index (κ3) is 1.14. The molecular formula is C3H3ClN2OS. The molecule has 0 amide bonds. The molecule has 0 saturated heterocycles. The van der Waals surface area contributed by atoms with Gasteiger partial charge in [0, 0.05) is 0 Å². The van der Waals surface area contributed by atoms with Gasteiger partial charge in [0.1, 0.15) is 0 Å². The second kappa shape index (κ2) is 2.37. The van der Waals surface area contributed by atoms with Crippen LogP contribution in [0.15, 0.2) is 9.64 Å². The lowest BCUT2D eigenvalue weighted by Crippen LogP contribution is -1.65. The predicted molar refractivity (Wildman–Crippen MR) is 31.1 cm³/mol. The zero-order valence-corrected chi connectivity index (χ0v) is 5.66. The molecule has 3 nitrogen and oxygen atoms in total. The third-order valence-corrected chi connectivity index (χ3v) is 1.22. The molecule has 0 unspecified atom stereocenters. The minimum absolute atomic E-state index is 0.0920. The molecule has 0 atom stereocenters. The fourth-order valence-corrected chi connectivity index (χ4v) is 0.717. The van der Waals surface area contributed by atoms with Crippen LogP contribution in [0.25, 0.3) is 0 Å². The fraction of sp³-hybridized carbons (Fsp3) is 0.333. The molecule has 1 aromatic rings. The van der Waals surface area contributed by atoms with Gasteiger partial charge in [-0.15, -0.1) is 5.10 Å². The van der Waals surface area contributed by atoms with E-state index in [1.807, 2.05) is 6.26 Å². The highest BCUT2D eigenvalue weighted by Gasteiger charge is 1.97. The SMILES string of the molecule is CSc1nnc(Cl)o1. The van der Waals surface area contributed by atoms with E-state index in [0.29, 0.717) is 5.22 Å².